The second kappa shape index (κ2) is 12.1. The minimum Gasteiger partial charge on any atom is -0.493 e. The van der Waals surface area contributed by atoms with E-state index in [1.54, 1.807) is 33.5 Å². The van der Waals surface area contributed by atoms with Crippen LogP contribution in [0.5, 0.6) is 17.2 Å². The van der Waals surface area contributed by atoms with E-state index >= 15 is 0 Å². The van der Waals surface area contributed by atoms with Crippen LogP contribution in [0.2, 0.25) is 0 Å². The van der Waals surface area contributed by atoms with Crippen LogP contribution in [0.25, 0.3) is 11.4 Å². The zero-order chi connectivity index (χ0) is 24.5. The molecular formula is C26H33N3O5. The second-order valence-corrected chi connectivity index (χ2v) is 8.01. The predicted molar refractivity (Wildman–Crippen MR) is 129 cm³/mol. The van der Waals surface area contributed by atoms with Crippen molar-refractivity contribution in [1.29, 1.82) is 0 Å². The summed E-state index contributed by atoms with van der Waals surface area (Å²) in [5.41, 5.74) is 1.84. The summed E-state index contributed by atoms with van der Waals surface area (Å²) >= 11 is 0. The van der Waals surface area contributed by atoms with Crippen LogP contribution in [0.4, 0.5) is 0 Å². The van der Waals surface area contributed by atoms with Gasteiger partial charge in [-0.25, -0.2) is 0 Å². The van der Waals surface area contributed by atoms with Gasteiger partial charge in [-0.2, -0.15) is 4.98 Å². The maximum Gasteiger partial charge on any atom is 0.228 e. The fourth-order valence-corrected chi connectivity index (χ4v) is 3.75. The first-order valence-electron chi connectivity index (χ1n) is 11.5. The summed E-state index contributed by atoms with van der Waals surface area (Å²) in [6.07, 6.45) is 2.53. The number of ether oxygens (including phenoxy) is 3. The van der Waals surface area contributed by atoms with Gasteiger partial charge in [0.05, 0.1) is 21.3 Å². The van der Waals surface area contributed by atoms with E-state index in [0.29, 0.717) is 53.9 Å². The monoisotopic (exact) mass is 467 g/mol. The Morgan fingerprint density at radius 3 is 2.29 bits per heavy atom. The van der Waals surface area contributed by atoms with Gasteiger partial charge < -0.3 is 23.6 Å². The van der Waals surface area contributed by atoms with Crippen LogP contribution in [0.15, 0.2) is 47.0 Å². The molecule has 8 heteroatoms. The fraction of sp³-hybridized carbons (Fsp3) is 0.423. The highest BCUT2D eigenvalue weighted by Gasteiger charge is 2.21. The number of carbonyl (C=O) groups is 1. The minimum absolute atomic E-state index is 0.126. The maximum atomic E-state index is 13.0. The molecule has 0 saturated carbocycles. The van der Waals surface area contributed by atoms with Gasteiger partial charge in [-0.05, 0) is 37.5 Å². The SMILES string of the molecule is CCC(C)N(CCc1nc(-c2cc(OC)c(OC)c(OC)c2)no1)C(=O)CCc1ccccc1. The third kappa shape index (κ3) is 6.07. The molecule has 0 aliphatic heterocycles. The summed E-state index contributed by atoms with van der Waals surface area (Å²) in [7, 11) is 4.67. The number of carbonyl (C=O) groups excluding carboxylic acids is 1. The van der Waals surface area contributed by atoms with E-state index in [0.717, 1.165) is 18.4 Å². The van der Waals surface area contributed by atoms with Crippen molar-refractivity contribution in [3.8, 4) is 28.6 Å². The van der Waals surface area contributed by atoms with E-state index in [4.69, 9.17) is 18.7 Å². The molecule has 0 aliphatic rings. The van der Waals surface area contributed by atoms with Crippen molar-refractivity contribution < 1.29 is 23.5 Å². The maximum absolute atomic E-state index is 13.0. The summed E-state index contributed by atoms with van der Waals surface area (Å²) in [5, 5.41) is 4.12. The fourth-order valence-electron chi connectivity index (χ4n) is 3.75. The number of aryl methyl sites for hydroxylation is 1. The van der Waals surface area contributed by atoms with Gasteiger partial charge in [-0.3, -0.25) is 4.79 Å². The molecule has 0 saturated heterocycles. The molecule has 1 atom stereocenters. The van der Waals surface area contributed by atoms with E-state index in [2.05, 4.69) is 24.0 Å². The number of benzene rings is 2. The normalized spacial score (nSPS) is 11.7. The lowest BCUT2D eigenvalue weighted by Gasteiger charge is -2.28. The molecule has 3 aromatic rings. The highest BCUT2D eigenvalue weighted by Crippen LogP contribution is 2.40. The van der Waals surface area contributed by atoms with Gasteiger partial charge in [0.15, 0.2) is 11.5 Å². The Morgan fingerprint density at radius 1 is 1.03 bits per heavy atom. The van der Waals surface area contributed by atoms with E-state index in [1.807, 2.05) is 35.2 Å². The number of hydrogen-bond acceptors (Lipinski definition) is 7. The lowest BCUT2D eigenvalue weighted by atomic mass is 10.1. The van der Waals surface area contributed by atoms with Gasteiger partial charge >= 0.3 is 0 Å². The average molecular weight is 468 g/mol. The second-order valence-electron chi connectivity index (χ2n) is 8.01. The first kappa shape index (κ1) is 25.1. The average Bonchev–Trinajstić information content (AvgIpc) is 3.36. The Balaban J connectivity index is 1.69. The Kier molecular flexibility index (Phi) is 8.90. The molecule has 34 heavy (non-hydrogen) atoms. The smallest absolute Gasteiger partial charge is 0.228 e. The molecule has 1 heterocycles. The van der Waals surface area contributed by atoms with Gasteiger partial charge in [-0.15, -0.1) is 0 Å². The van der Waals surface area contributed by atoms with Crippen LogP contribution in [-0.2, 0) is 17.6 Å². The van der Waals surface area contributed by atoms with Crippen molar-refractivity contribution in [3.05, 3.63) is 53.9 Å². The molecule has 182 valence electrons. The number of nitrogens with zero attached hydrogens (tertiary/aromatic N) is 3. The molecule has 0 fully saturated rings. The van der Waals surface area contributed by atoms with Crippen molar-refractivity contribution >= 4 is 5.91 Å². The molecular weight excluding hydrogens is 434 g/mol. The molecule has 0 bridgehead atoms. The number of hydrogen-bond donors (Lipinski definition) is 0. The first-order valence-corrected chi connectivity index (χ1v) is 11.5. The number of aromatic nitrogens is 2. The summed E-state index contributed by atoms with van der Waals surface area (Å²) < 4.78 is 21.7. The Labute approximate surface area is 200 Å². The number of amides is 1. The van der Waals surface area contributed by atoms with Gasteiger partial charge in [0.1, 0.15) is 0 Å². The summed E-state index contributed by atoms with van der Waals surface area (Å²) in [6, 6.07) is 13.7. The summed E-state index contributed by atoms with van der Waals surface area (Å²) in [6.45, 7) is 4.66. The summed E-state index contributed by atoms with van der Waals surface area (Å²) in [4.78, 5) is 19.4. The Bertz CT molecular complexity index is 1040. The summed E-state index contributed by atoms with van der Waals surface area (Å²) in [5.74, 6) is 2.52. The predicted octanol–water partition coefficient (Wildman–Crippen LogP) is 4.56. The van der Waals surface area contributed by atoms with Gasteiger partial charge in [0, 0.05) is 31.0 Å². The lowest BCUT2D eigenvalue weighted by molar-refractivity contribution is -0.133. The van der Waals surface area contributed by atoms with E-state index in [9.17, 15) is 4.79 Å². The molecule has 1 aromatic heterocycles. The molecule has 0 N–H and O–H groups in total. The minimum atomic E-state index is 0.126. The van der Waals surface area contributed by atoms with Crippen LogP contribution in [-0.4, -0.2) is 54.9 Å². The van der Waals surface area contributed by atoms with Crippen LogP contribution in [0.1, 0.15) is 38.1 Å². The quantitative estimate of drug-likeness (QED) is 0.386. The van der Waals surface area contributed by atoms with Crippen molar-refractivity contribution in [2.45, 2.75) is 45.6 Å². The van der Waals surface area contributed by atoms with Crippen molar-refractivity contribution in [2.24, 2.45) is 0 Å². The van der Waals surface area contributed by atoms with Gasteiger partial charge in [0.2, 0.25) is 23.4 Å². The van der Waals surface area contributed by atoms with Crippen LogP contribution < -0.4 is 14.2 Å². The molecule has 2 aromatic carbocycles. The van der Waals surface area contributed by atoms with Gasteiger partial charge in [0.25, 0.3) is 0 Å². The third-order valence-corrected chi connectivity index (χ3v) is 5.87. The van der Waals surface area contributed by atoms with Crippen LogP contribution >= 0.6 is 0 Å². The molecule has 1 unspecified atom stereocenters. The number of methoxy groups -OCH3 is 3. The first-order chi connectivity index (χ1) is 16.5. The van der Waals surface area contributed by atoms with E-state index in [-0.39, 0.29) is 11.9 Å². The zero-order valence-electron chi connectivity index (χ0n) is 20.5. The Morgan fingerprint density at radius 2 is 1.71 bits per heavy atom. The molecule has 0 radical (unpaired) electrons. The third-order valence-electron chi connectivity index (χ3n) is 5.87. The van der Waals surface area contributed by atoms with Gasteiger partial charge in [-0.1, -0.05) is 42.4 Å². The van der Waals surface area contributed by atoms with Crippen molar-refractivity contribution in [3.63, 3.8) is 0 Å². The van der Waals surface area contributed by atoms with Crippen molar-refractivity contribution in [2.75, 3.05) is 27.9 Å². The zero-order valence-corrected chi connectivity index (χ0v) is 20.5. The molecule has 0 spiro atoms. The highest BCUT2D eigenvalue weighted by molar-refractivity contribution is 5.76. The topological polar surface area (TPSA) is 86.9 Å². The largest absolute Gasteiger partial charge is 0.493 e. The lowest BCUT2D eigenvalue weighted by Crippen LogP contribution is -2.40. The van der Waals surface area contributed by atoms with Crippen LogP contribution in [0.3, 0.4) is 0 Å². The molecule has 3 rings (SSSR count). The highest BCUT2D eigenvalue weighted by atomic mass is 16.5. The standard InChI is InChI=1S/C26H33N3O5/c1-6-18(2)29(24(30)13-12-19-10-8-7-9-11-19)15-14-23-27-26(28-34-23)20-16-21(31-3)25(33-5)22(17-20)32-4/h7-11,16-18H,6,12-15H2,1-5H3. The molecule has 1 amide bonds. The number of rotatable bonds is 12. The molecule has 8 nitrogen and oxygen atoms in total. The van der Waals surface area contributed by atoms with Crippen LogP contribution in [0, 0.1) is 0 Å². The molecule has 0 aliphatic carbocycles. The Hall–Kier alpha value is -3.55. The van der Waals surface area contributed by atoms with E-state index in [1.165, 1.54) is 0 Å². The van der Waals surface area contributed by atoms with Crippen molar-refractivity contribution in [1.82, 2.24) is 15.0 Å². The van der Waals surface area contributed by atoms with E-state index < -0.39 is 0 Å².